The van der Waals surface area contributed by atoms with Crippen LogP contribution in [0.3, 0.4) is 0 Å². The van der Waals surface area contributed by atoms with Crippen LogP contribution in [-0.4, -0.2) is 24.1 Å². The van der Waals surface area contributed by atoms with Gasteiger partial charge in [0.1, 0.15) is 5.76 Å². The molecule has 0 aliphatic heterocycles. The zero-order chi connectivity index (χ0) is 27.4. The third-order valence-corrected chi connectivity index (χ3v) is 6.08. The summed E-state index contributed by atoms with van der Waals surface area (Å²) in [6, 6.07) is 13.1. The fraction of sp³-hybridized carbons (Fsp3) is 0.300. The van der Waals surface area contributed by atoms with Gasteiger partial charge in [0, 0.05) is 22.7 Å². The molecule has 0 aromatic heterocycles. The first kappa shape index (κ1) is 29.4. The number of hydrogen-bond acceptors (Lipinski definition) is 4. The van der Waals surface area contributed by atoms with Gasteiger partial charge in [-0.15, -0.1) is 6.42 Å². The van der Waals surface area contributed by atoms with E-state index < -0.39 is 11.8 Å². The Morgan fingerprint density at radius 1 is 1.11 bits per heavy atom. The smallest absolute Gasteiger partial charge is 0.310 e. The highest BCUT2D eigenvalue weighted by molar-refractivity contribution is 6.35. The lowest BCUT2D eigenvalue weighted by Crippen LogP contribution is -2.39. The van der Waals surface area contributed by atoms with Gasteiger partial charge in [0.15, 0.2) is 5.78 Å². The summed E-state index contributed by atoms with van der Waals surface area (Å²) in [6.07, 6.45) is 13.0. The number of hydrogen-bond donors (Lipinski definition) is 2. The van der Waals surface area contributed by atoms with Crippen LogP contribution in [-0.2, 0) is 26.3 Å². The van der Waals surface area contributed by atoms with Gasteiger partial charge in [-0.3, -0.25) is 14.4 Å². The van der Waals surface area contributed by atoms with Gasteiger partial charge in [0.05, 0.1) is 12.8 Å². The van der Waals surface area contributed by atoms with Gasteiger partial charge in [-0.1, -0.05) is 54.8 Å². The number of carbonyl (C=O) groups is 3. The van der Waals surface area contributed by atoms with Gasteiger partial charge in [-0.05, 0) is 74.4 Å². The molecule has 1 aliphatic rings. The van der Waals surface area contributed by atoms with Crippen molar-refractivity contribution < 1.29 is 19.1 Å². The van der Waals surface area contributed by atoms with E-state index in [9.17, 15) is 14.4 Å². The molecule has 2 N–H and O–H groups in total. The maximum atomic E-state index is 11.4. The minimum absolute atomic E-state index is 0.00368. The number of ether oxygens (including phenoxy) is 1. The molecule has 0 radical (unpaired) electrons. The number of ketones is 1. The molecule has 0 saturated heterocycles. The number of terminal acetylenes is 1. The number of nitrogens with one attached hydrogen (secondary N) is 2. The molecule has 1 saturated carbocycles. The highest BCUT2D eigenvalue weighted by atomic mass is 35.5. The molecule has 2 aromatic carbocycles. The van der Waals surface area contributed by atoms with Crippen LogP contribution in [0.4, 0.5) is 0 Å². The lowest BCUT2D eigenvalue weighted by Gasteiger charge is -2.13. The summed E-state index contributed by atoms with van der Waals surface area (Å²) in [6.45, 7) is 7.74. The normalized spacial score (nSPS) is 13.6. The van der Waals surface area contributed by atoms with Crippen molar-refractivity contribution in [2.45, 2.75) is 52.5 Å². The summed E-state index contributed by atoms with van der Waals surface area (Å²) < 4.78 is 5.59. The van der Waals surface area contributed by atoms with Gasteiger partial charge in [-0.2, -0.15) is 0 Å². The Kier molecular flexibility index (Phi) is 11.2. The van der Waals surface area contributed by atoms with Crippen molar-refractivity contribution in [1.82, 2.24) is 10.6 Å². The lowest BCUT2D eigenvalue weighted by atomic mass is 9.96. The maximum absolute atomic E-state index is 11.4. The van der Waals surface area contributed by atoms with Crippen molar-refractivity contribution >= 4 is 35.0 Å². The van der Waals surface area contributed by atoms with Crippen LogP contribution < -0.4 is 10.6 Å². The molecule has 0 bridgehead atoms. The first-order valence-corrected chi connectivity index (χ1v) is 12.4. The van der Waals surface area contributed by atoms with Gasteiger partial charge >= 0.3 is 11.8 Å². The Bertz CT molecular complexity index is 1240. The van der Waals surface area contributed by atoms with E-state index in [0.717, 1.165) is 16.3 Å². The van der Waals surface area contributed by atoms with Crippen molar-refractivity contribution in [3.63, 3.8) is 0 Å². The topological polar surface area (TPSA) is 84.5 Å². The second-order valence-corrected chi connectivity index (χ2v) is 9.25. The molecule has 1 aliphatic carbocycles. The molecule has 3 rings (SSSR count). The summed E-state index contributed by atoms with van der Waals surface area (Å²) in [4.78, 5) is 34.1. The molecule has 37 heavy (non-hydrogen) atoms. The van der Waals surface area contributed by atoms with Crippen LogP contribution in [0.25, 0.3) is 5.76 Å². The number of allylic oxidation sites excluding steroid dienone is 2. The molecule has 2 amide bonds. The Morgan fingerprint density at radius 3 is 2.38 bits per heavy atom. The number of Topliss-reactive ketones (excluding diaryl/α,β-unsaturated/α-hetero) is 1. The van der Waals surface area contributed by atoms with E-state index in [2.05, 4.69) is 35.6 Å². The number of rotatable bonds is 8. The maximum Gasteiger partial charge on any atom is 0.310 e. The van der Waals surface area contributed by atoms with Crippen LogP contribution in [0.15, 0.2) is 60.9 Å². The zero-order valence-electron chi connectivity index (χ0n) is 21.7. The molecular formula is C30H33ClN2O4. The first-order valence-electron chi connectivity index (χ1n) is 12.0. The lowest BCUT2D eigenvalue weighted by molar-refractivity contribution is -0.139. The first-order chi connectivity index (χ1) is 17.6. The quantitative estimate of drug-likeness (QED) is 0.207. The second-order valence-electron chi connectivity index (χ2n) is 8.81. The van der Waals surface area contributed by atoms with E-state index in [1.807, 2.05) is 32.1 Å². The molecular weight excluding hydrogens is 488 g/mol. The molecule has 0 unspecified atom stereocenters. The van der Waals surface area contributed by atoms with Crippen molar-refractivity contribution in [2.24, 2.45) is 0 Å². The average Bonchev–Trinajstić information content (AvgIpc) is 3.65. The van der Waals surface area contributed by atoms with E-state index in [1.54, 1.807) is 30.5 Å². The summed E-state index contributed by atoms with van der Waals surface area (Å²) in [5.74, 6) is 1.37. The zero-order valence-corrected chi connectivity index (χ0v) is 22.4. The van der Waals surface area contributed by atoms with Crippen LogP contribution in [0.5, 0.6) is 0 Å². The van der Waals surface area contributed by atoms with Gasteiger partial charge in [-0.25, -0.2) is 0 Å². The Morgan fingerprint density at radius 2 is 1.78 bits per heavy atom. The van der Waals surface area contributed by atoms with Crippen LogP contribution in [0.2, 0.25) is 5.02 Å². The van der Waals surface area contributed by atoms with E-state index in [1.165, 1.54) is 25.3 Å². The third-order valence-electron chi connectivity index (χ3n) is 5.87. The predicted molar refractivity (Wildman–Crippen MR) is 148 cm³/mol. The third kappa shape index (κ3) is 8.96. The SMILES string of the molecule is C#CCNC(=O)C(=O)NCc1ccccc1C(C)=O.C/C=C\O/C(=C\C)c1cc(Cl)cc(C2(C)CC2)c1. The molecule has 194 valence electrons. The molecule has 0 atom stereocenters. The van der Waals surface area contributed by atoms with E-state index in [-0.39, 0.29) is 18.9 Å². The summed E-state index contributed by atoms with van der Waals surface area (Å²) in [5, 5.41) is 5.46. The van der Waals surface area contributed by atoms with E-state index >= 15 is 0 Å². The van der Waals surface area contributed by atoms with Crippen LogP contribution in [0.1, 0.15) is 67.6 Å². The Hall–Kier alpha value is -3.82. The molecule has 1 fully saturated rings. The minimum atomic E-state index is -0.793. The molecule has 6 nitrogen and oxygen atoms in total. The van der Waals surface area contributed by atoms with Crippen LogP contribution >= 0.6 is 11.6 Å². The Balaban J connectivity index is 0.000000260. The van der Waals surface area contributed by atoms with Crippen molar-refractivity contribution in [1.29, 1.82) is 0 Å². The number of carbonyl (C=O) groups excluding carboxylic acids is 3. The molecule has 2 aromatic rings. The van der Waals surface area contributed by atoms with E-state index in [4.69, 9.17) is 22.8 Å². The largest absolute Gasteiger partial charge is 0.465 e. The Labute approximate surface area is 224 Å². The van der Waals surface area contributed by atoms with Gasteiger partial charge in [0.25, 0.3) is 0 Å². The fourth-order valence-electron chi connectivity index (χ4n) is 3.49. The fourth-order valence-corrected chi connectivity index (χ4v) is 3.72. The molecule has 7 heteroatoms. The van der Waals surface area contributed by atoms with Gasteiger partial charge < -0.3 is 15.4 Å². The number of amides is 2. The molecule has 0 heterocycles. The summed E-state index contributed by atoms with van der Waals surface area (Å²) >= 11 is 6.22. The monoisotopic (exact) mass is 520 g/mol. The second kappa shape index (κ2) is 14.1. The standard InChI is InChI=1S/C16H19ClO.C14H14N2O3/c1-4-8-18-15(5-2)12-9-13(11-14(17)10-12)16(3)6-7-16;1-3-8-15-13(18)14(19)16-9-11-6-4-5-7-12(11)10(2)17/h4-5,8-11H,6-7H2,1-3H3;1,4-7H,8-9H2,2H3,(H,15,18)(H,16,19)/b8-4-,15-5-;. The summed E-state index contributed by atoms with van der Waals surface area (Å²) in [7, 11) is 0. The van der Waals surface area contributed by atoms with Crippen LogP contribution in [0, 0.1) is 12.3 Å². The van der Waals surface area contributed by atoms with Crippen molar-refractivity contribution in [2.75, 3.05) is 6.54 Å². The summed E-state index contributed by atoms with van der Waals surface area (Å²) in [5.41, 5.74) is 3.86. The predicted octanol–water partition coefficient (Wildman–Crippen LogP) is 5.56. The highest BCUT2D eigenvalue weighted by Gasteiger charge is 2.39. The highest BCUT2D eigenvalue weighted by Crippen LogP contribution is 2.48. The number of benzene rings is 2. The molecule has 0 spiro atoms. The van der Waals surface area contributed by atoms with Gasteiger partial charge in [0.2, 0.25) is 0 Å². The van der Waals surface area contributed by atoms with E-state index in [0.29, 0.717) is 16.5 Å². The minimum Gasteiger partial charge on any atom is -0.465 e. The average molecular weight is 521 g/mol. The number of halogens is 1. The van der Waals surface area contributed by atoms with Crippen molar-refractivity contribution in [3.8, 4) is 12.3 Å². The van der Waals surface area contributed by atoms with Crippen molar-refractivity contribution in [3.05, 3.63) is 88.2 Å².